The number of nitrogens with one attached hydrogen (secondary N) is 1. The highest BCUT2D eigenvalue weighted by molar-refractivity contribution is 7.98. The van der Waals surface area contributed by atoms with E-state index in [1.165, 1.54) is 28.6 Å². The minimum atomic E-state index is -0.610. The Kier molecular flexibility index (Phi) is 5.89. The summed E-state index contributed by atoms with van der Waals surface area (Å²) in [6.45, 7) is 1.68. The molecule has 3 heterocycles. The third kappa shape index (κ3) is 4.31. The molecule has 164 valence electrons. The molecule has 15 heteroatoms. The summed E-state index contributed by atoms with van der Waals surface area (Å²) in [6.07, 6.45) is 1.55. The van der Waals surface area contributed by atoms with Crippen molar-refractivity contribution in [1.29, 1.82) is 0 Å². The minimum Gasteiger partial charge on any atom is -0.378 e. The molecule has 4 rings (SSSR count). The Balaban J connectivity index is 1.60. The van der Waals surface area contributed by atoms with Gasteiger partial charge < -0.3 is 10.3 Å². The average molecular weight is 457 g/mol. The maximum Gasteiger partial charge on any atom is 0.293 e. The molecule has 0 aliphatic heterocycles. The number of anilines is 1. The van der Waals surface area contributed by atoms with Crippen molar-refractivity contribution in [2.75, 3.05) is 5.73 Å². The smallest absolute Gasteiger partial charge is 0.293 e. The molecule has 0 unspecified atom stereocenters. The summed E-state index contributed by atoms with van der Waals surface area (Å²) in [7, 11) is 1.79. The average Bonchev–Trinajstić information content (AvgIpc) is 3.50. The number of aromatic nitrogens is 8. The fourth-order valence-electron chi connectivity index (χ4n) is 2.59. The molecule has 0 fully saturated rings. The molecule has 0 saturated heterocycles. The lowest BCUT2D eigenvalue weighted by Gasteiger charge is -2.06. The lowest BCUT2D eigenvalue weighted by atomic mass is 10.1. The van der Waals surface area contributed by atoms with Crippen LogP contribution in [0, 0.1) is 5.82 Å². The fraction of sp³-hybridized carbons (Fsp3) is 0.176. The number of nitrogens with zero attached hydrogens (tertiary/aromatic N) is 9. The number of nitrogens with two attached hydrogens (primary N) is 1. The van der Waals surface area contributed by atoms with Gasteiger partial charge in [-0.1, -0.05) is 29.1 Å². The van der Waals surface area contributed by atoms with Gasteiger partial charge in [-0.2, -0.15) is 9.78 Å². The number of aryl methyl sites for hydroxylation is 1. The second-order valence-electron chi connectivity index (χ2n) is 6.43. The summed E-state index contributed by atoms with van der Waals surface area (Å²) < 4.78 is 20.7. The molecule has 1 aromatic carbocycles. The Bertz CT molecular complexity index is 1280. The molecule has 1 amide bonds. The van der Waals surface area contributed by atoms with Crippen LogP contribution in [0.4, 0.5) is 10.2 Å². The van der Waals surface area contributed by atoms with Gasteiger partial charge in [0.1, 0.15) is 12.1 Å². The van der Waals surface area contributed by atoms with Crippen LogP contribution >= 0.6 is 11.8 Å². The number of carbonyl (C=O) groups is 1. The number of hydrogen-bond donors (Lipinski definition) is 2. The van der Waals surface area contributed by atoms with Crippen LogP contribution in [0.1, 0.15) is 28.7 Å². The van der Waals surface area contributed by atoms with E-state index < -0.39 is 5.91 Å². The van der Waals surface area contributed by atoms with Gasteiger partial charge in [0, 0.05) is 12.8 Å². The number of amides is 1. The SMILES string of the molecule is C/C(=N\NC(=O)c1nnn(-c2nonc2N)c1CSc1nncn1C)c1ccc(F)cc1. The molecule has 3 N–H and O–H groups in total. The van der Waals surface area contributed by atoms with Crippen LogP contribution in [0.15, 0.2) is 45.5 Å². The van der Waals surface area contributed by atoms with Crippen molar-refractivity contribution < 1.29 is 13.8 Å². The summed E-state index contributed by atoms with van der Waals surface area (Å²) in [5.74, 6) is -0.668. The maximum atomic E-state index is 13.1. The van der Waals surface area contributed by atoms with Crippen molar-refractivity contribution in [1.82, 2.24) is 45.5 Å². The second-order valence-corrected chi connectivity index (χ2v) is 7.37. The van der Waals surface area contributed by atoms with Gasteiger partial charge >= 0.3 is 0 Å². The van der Waals surface area contributed by atoms with E-state index in [9.17, 15) is 9.18 Å². The van der Waals surface area contributed by atoms with Gasteiger partial charge in [0.25, 0.3) is 5.91 Å². The van der Waals surface area contributed by atoms with Crippen molar-refractivity contribution >= 4 is 29.2 Å². The first kappa shape index (κ1) is 21.1. The maximum absolute atomic E-state index is 13.1. The molecule has 3 aromatic heterocycles. The highest BCUT2D eigenvalue weighted by atomic mass is 32.2. The first-order chi connectivity index (χ1) is 15.4. The quantitative estimate of drug-likeness (QED) is 0.231. The Morgan fingerprint density at radius 1 is 1.28 bits per heavy atom. The van der Waals surface area contributed by atoms with E-state index in [2.05, 4.69) is 46.0 Å². The molecule has 0 aliphatic rings. The van der Waals surface area contributed by atoms with E-state index in [-0.39, 0.29) is 28.9 Å². The zero-order valence-electron chi connectivity index (χ0n) is 16.8. The molecular formula is C17H16FN11O2S. The van der Waals surface area contributed by atoms with Gasteiger partial charge in [-0.15, -0.1) is 15.3 Å². The molecule has 0 spiro atoms. The predicted molar refractivity (Wildman–Crippen MR) is 110 cm³/mol. The van der Waals surface area contributed by atoms with Gasteiger partial charge in [-0.05, 0) is 34.9 Å². The molecule has 13 nitrogen and oxygen atoms in total. The Morgan fingerprint density at radius 3 is 2.72 bits per heavy atom. The summed E-state index contributed by atoms with van der Waals surface area (Å²) in [5, 5.41) is 27.7. The van der Waals surface area contributed by atoms with E-state index in [1.807, 2.05) is 0 Å². The third-order valence-electron chi connectivity index (χ3n) is 4.27. The summed E-state index contributed by atoms with van der Waals surface area (Å²) >= 11 is 1.30. The highest BCUT2D eigenvalue weighted by Crippen LogP contribution is 2.24. The Morgan fingerprint density at radius 2 is 2.06 bits per heavy atom. The van der Waals surface area contributed by atoms with E-state index in [1.54, 1.807) is 37.0 Å². The lowest BCUT2D eigenvalue weighted by molar-refractivity contribution is 0.0949. The number of benzene rings is 1. The van der Waals surface area contributed by atoms with E-state index in [0.29, 0.717) is 22.1 Å². The normalized spacial score (nSPS) is 11.7. The van der Waals surface area contributed by atoms with Crippen LogP contribution in [-0.2, 0) is 12.8 Å². The zero-order chi connectivity index (χ0) is 22.7. The van der Waals surface area contributed by atoms with Crippen molar-refractivity contribution in [3.8, 4) is 5.82 Å². The monoisotopic (exact) mass is 457 g/mol. The molecule has 32 heavy (non-hydrogen) atoms. The number of hydrazone groups is 1. The topological polar surface area (TPSA) is 168 Å². The Hall–Kier alpha value is -4.14. The van der Waals surface area contributed by atoms with Crippen LogP contribution in [0.3, 0.4) is 0 Å². The van der Waals surface area contributed by atoms with Crippen LogP contribution < -0.4 is 11.2 Å². The van der Waals surface area contributed by atoms with Crippen LogP contribution in [-0.4, -0.2) is 51.7 Å². The molecule has 0 saturated carbocycles. The number of thioether (sulfide) groups is 1. The number of carbonyl (C=O) groups excluding carboxylic acids is 1. The molecule has 0 aliphatic carbocycles. The van der Waals surface area contributed by atoms with E-state index >= 15 is 0 Å². The van der Waals surface area contributed by atoms with Crippen LogP contribution in [0.5, 0.6) is 0 Å². The number of rotatable bonds is 7. The molecule has 0 radical (unpaired) electrons. The summed E-state index contributed by atoms with van der Waals surface area (Å²) in [4.78, 5) is 12.8. The second kappa shape index (κ2) is 8.93. The minimum absolute atomic E-state index is 0.00211. The molecular weight excluding hydrogens is 441 g/mol. The van der Waals surface area contributed by atoms with Crippen molar-refractivity contribution in [2.24, 2.45) is 12.1 Å². The van der Waals surface area contributed by atoms with Gasteiger partial charge in [-0.3, -0.25) is 4.79 Å². The fourth-order valence-corrected chi connectivity index (χ4v) is 3.48. The first-order valence-electron chi connectivity index (χ1n) is 9.04. The Labute approximate surface area is 183 Å². The van der Waals surface area contributed by atoms with Gasteiger partial charge in [-0.25, -0.2) is 14.4 Å². The molecule has 0 atom stereocenters. The van der Waals surface area contributed by atoms with Crippen LogP contribution in [0.25, 0.3) is 5.82 Å². The number of hydrogen-bond acceptors (Lipinski definition) is 11. The van der Waals surface area contributed by atoms with Gasteiger partial charge in [0.05, 0.1) is 11.4 Å². The lowest BCUT2D eigenvalue weighted by Crippen LogP contribution is -2.21. The number of nitrogen functional groups attached to an aromatic ring is 1. The molecule has 0 bridgehead atoms. The predicted octanol–water partition coefficient (Wildman–Crippen LogP) is 0.946. The summed E-state index contributed by atoms with van der Waals surface area (Å²) in [6, 6.07) is 5.72. The summed E-state index contributed by atoms with van der Waals surface area (Å²) in [5.41, 5.74) is 9.70. The van der Waals surface area contributed by atoms with Gasteiger partial charge in [0.2, 0.25) is 11.6 Å². The molecule has 4 aromatic rings. The largest absolute Gasteiger partial charge is 0.378 e. The zero-order valence-corrected chi connectivity index (χ0v) is 17.6. The first-order valence-corrected chi connectivity index (χ1v) is 10.0. The van der Waals surface area contributed by atoms with Crippen molar-refractivity contribution in [3.05, 3.63) is 53.4 Å². The van der Waals surface area contributed by atoms with Crippen molar-refractivity contribution in [2.45, 2.75) is 17.8 Å². The van der Waals surface area contributed by atoms with E-state index in [4.69, 9.17) is 5.73 Å². The van der Waals surface area contributed by atoms with Crippen LogP contribution in [0.2, 0.25) is 0 Å². The third-order valence-corrected chi connectivity index (χ3v) is 5.32. The van der Waals surface area contributed by atoms with E-state index in [0.717, 1.165) is 0 Å². The van der Waals surface area contributed by atoms with Crippen molar-refractivity contribution in [3.63, 3.8) is 0 Å². The standard InChI is InChI=1S/C17H16FN11O2S/c1-9(10-3-5-11(18)6-4-10)21-23-16(30)13-12(7-32-17-24-20-8-28(17)2)29(27-22-13)15-14(19)25-31-26-15/h3-6,8H,7H2,1-2H3,(H2,19,25)(H,23,30)/b21-9+. The highest BCUT2D eigenvalue weighted by Gasteiger charge is 2.24. The number of halogens is 1. The van der Waals surface area contributed by atoms with Gasteiger partial charge in [0.15, 0.2) is 10.9 Å².